The quantitative estimate of drug-likeness (QED) is 0.799. The smallest absolute Gasteiger partial charge is 0.358 e. The summed E-state index contributed by atoms with van der Waals surface area (Å²) in [5.74, 6) is 0.359. The molecule has 3 rings (SSSR count). The molecule has 0 unspecified atom stereocenters. The van der Waals surface area contributed by atoms with Crippen LogP contribution < -0.4 is 4.90 Å². The number of ether oxygens (including phenoxy) is 1. The molecule has 2 aromatic rings. The van der Waals surface area contributed by atoms with Crippen LogP contribution in [0.2, 0.25) is 0 Å². The standard InChI is InChI=1S/C16H20N4O2S/c1-22-16(21)14-5-6-15(18-17-14)20-8-3-7-19(9-10-20)12-13-4-2-11-23-13/h2,4-6,11H,3,7-10,12H2,1H3. The summed E-state index contributed by atoms with van der Waals surface area (Å²) in [7, 11) is 1.34. The number of rotatable bonds is 4. The van der Waals surface area contributed by atoms with E-state index in [2.05, 4.69) is 42.2 Å². The first-order valence-corrected chi connectivity index (χ1v) is 8.56. The van der Waals surface area contributed by atoms with E-state index in [1.54, 1.807) is 17.4 Å². The third-order valence-corrected chi connectivity index (χ3v) is 4.78. The van der Waals surface area contributed by atoms with E-state index in [1.807, 2.05) is 6.07 Å². The topological polar surface area (TPSA) is 58.6 Å². The molecule has 1 aliphatic heterocycles. The zero-order valence-electron chi connectivity index (χ0n) is 13.1. The number of esters is 1. The van der Waals surface area contributed by atoms with Gasteiger partial charge in [0.25, 0.3) is 0 Å². The zero-order valence-corrected chi connectivity index (χ0v) is 14.0. The predicted molar refractivity (Wildman–Crippen MR) is 89.8 cm³/mol. The van der Waals surface area contributed by atoms with Crippen LogP contribution in [-0.2, 0) is 11.3 Å². The SMILES string of the molecule is COC(=O)c1ccc(N2CCCN(Cc3cccs3)CC2)nn1. The van der Waals surface area contributed by atoms with Crippen LogP contribution in [0.25, 0.3) is 0 Å². The number of thiophene rings is 1. The Morgan fingerprint density at radius 3 is 2.83 bits per heavy atom. The Morgan fingerprint density at radius 2 is 2.13 bits per heavy atom. The average Bonchev–Trinajstić information content (AvgIpc) is 2.99. The van der Waals surface area contributed by atoms with Gasteiger partial charge >= 0.3 is 5.97 Å². The van der Waals surface area contributed by atoms with Crippen molar-refractivity contribution in [2.45, 2.75) is 13.0 Å². The molecule has 1 fully saturated rings. The Bertz CT molecular complexity index is 630. The summed E-state index contributed by atoms with van der Waals surface area (Å²) in [5.41, 5.74) is 0.241. The van der Waals surface area contributed by atoms with Crippen molar-refractivity contribution in [2.24, 2.45) is 0 Å². The Kier molecular flexibility index (Phi) is 5.19. The highest BCUT2D eigenvalue weighted by Gasteiger charge is 2.17. The number of carbonyl (C=O) groups is 1. The van der Waals surface area contributed by atoms with Crippen molar-refractivity contribution in [1.82, 2.24) is 15.1 Å². The summed E-state index contributed by atoms with van der Waals surface area (Å²) in [6.45, 7) is 4.96. The monoisotopic (exact) mass is 332 g/mol. The van der Waals surface area contributed by atoms with E-state index in [0.717, 1.165) is 45.0 Å². The third kappa shape index (κ3) is 4.05. The fraction of sp³-hybridized carbons (Fsp3) is 0.438. The number of carbonyl (C=O) groups excluding carboxylic acids is 1. The molecule has 0 spiro atoms. The summed E-state index contributed by atoms with van der Waals surface area (Å²) in [6, 6.07) is 7.80. The maximum Gasteiger partial charge on any atom is 0.358 e. The van der Waals surface area contributed by atoms with Gasteiger partial charge in [0.2, 0.25) is 0 Å². The van der Waals surface area contributed by atoms with Crippen LogP contribution in [0.5, 0.6) is 0 Å². The molecule has 0 N–H and O–H groups in total. The zero-order chi connectivity index (χ0) is 16.1. The first-order chi connectivity index (χ1) is 11.3. The van der Waals surface area contributed by atoms with E-state index in [4.69, 9.17) is 0 Å². The predicted octanol–water partition coefficient (Wildman–Crippen LogP) is 2.04. The second kappa shape index (κ2) is 7.52. The summed E-state index contributed by atoms with van der Waals surface area (Å²) in [6.07, 6.45) is 1.09. The minimum Gasteiger partial charge on any atom is -0.464 e. The van der Waals surface area contributed by atoms with E-state index < -0.39 is 5.97 Å². The fourth-order valence-electron chi connectivity index (χ4n) is 2.69. The number of anilines is 1. The molecule has 0 amide bonds. The molecule has 7 heteroatoms. The fourth-order valence-corrected chi connectivity index (χ4v) is 3.43. The van der Waals surface area contributed by atoms with Gasteiger partial charge in [-0.1, -0.05) is 6.07 Å². The van der Waals surface area contributed by atoms with Crippen LogP contribution in [0, 0.1) is 0 Å². The third-order valence-electron chi connectivity index (χ3n) is 3.92. The van der Waals surface area contributed by atoms with Crippen molar-refractivity contribution in [2.75, 3.05) is 38.2 Å². The molecule has 2 aromatic heterocycles. The molecule has 1 saturated heterocycles. The van der Waals surface area contributed by atoms with Crippen molar-refractivity contribution in [3.05, 3.63) is 40.2 Å². The van der Waals surface area contributed by atoms with Gasteiger partial charge in [-0.05, 0) is 30.0 Å². The molecule has 23 heavy (non-hydrogen) atoms. The lowest BCUT2D eigenvalue weighted by Gasteiger charge is -2.22. The lowest BCUT2D eigenvalue weighted by atomic mass is 10.3. The van der Waals surface area contributed by atoms with Crippen molar-refractivity contribution >= 4 is 23.1 Å². The van der Waals surface area contributed by atoms with Gasteiger partial charge in [0.05, 0.1) is 7.11 Å². The Hall–Kier alpha value is -1.99. The number of methoxy groups -OCH3 is 1. The van der Waals surface area contributed by atoms with Crippen LogP contribution in [-0.4, -0.2) is 54.4 Å². The van der Waals surface area contributed by atoms with Gasteiger partial charge < -0.3 is 9.64 Å². The van der Waals surface area contributed by atoms with Crippen LogP contribution in [0.15, 0.2) is 29.6 Å². The number of nitrogens with zero attached hydrogens (tertiary/aromatic N) is 4. The van der Waals surface area contributed by atoms with E-state index in [9.17, 15) is 4.79 Å². The molecule has 1 aliphatic rings. The highest BCUT2D eigenvalue weighted by atomic mass is 32.1. The number of hydrogen-bond acceptors (Lipinski definition) is 7. The van der Waals surface area contributed by atoms with Gasteiger partial charge in [-0.25, -0.2) is 4.79 Å². The lowest BCUT2D eigenvalue weighted by molar-refractivity contribution is 0.0592. The molecule has 0 saturated carbocycles. The molecular weight excluding hydrogens is 312 g/mol. The molecule has 0 atom stereocenters. The van der Waals surface area contributed by atoms with Gasteiger partial charge in [-0.2, -0.15) is 0 Å². The van der Waals surface area contributed by atoms with Crippen molar-refractivity contribution < 1.29 is 9.53 Å². The first-order valence-electron chi connectivity index (χ1n) is 7.68. The summed E-state index contributed by atoms with van der Waals surface area (Å²) < 4.78 is 4.64. The molecular formula is C16H20N4O2S. The van der Waals surface area contributed by atoms with Crippen LogP contribution in [0.4, 0.5) is 5.82 Å². The second-order valence-electron chi connectivity index (χ2n) is 5.46. The van der Waals surface area contributed by atoms with Crippen LogP contribution in [0.3, 0.4) is 0 Å². The molecule has 0 radical (unpaired) electrons. The van der Waals surface area contributed by atoms with Crippen molar-refractivity contribution in [3.63, 3.8) is 0 Å². The van der Waals surface area contributed by atoms with Crippen LogP contribution in [0.1, 0.15) is 21.8 Å². The summed E-state index contributed by atoms with van der Waals surface area (Å²) in [4.78, 5) is 17.5. The van der Waals surface area contributed by atoms with Crippen molar-refractivity contribution in [1.29, 1.82) is 0 Å². The molecule has 6 nitrogen and oxygen atoms in total. The number of hydrogen-bond donors (Lipinski definition) is 0. The van der Waals surface area contributed by atoms with Gasteiger partial charge in [0, 0.05) is 37.6 Å². The van der Waals surface area contributed by atoms with E-state index >= 15 is 0 Å². The molecule has 0 aromatic carbocycles. The normalized spacial score (nSPS) is 16.1. The average molecular weight is 332 g/mol. The Morgan fingerprint density at radius 1 is 1.22 bits per heavy atom. The van der Waals surface area contributed by atoms with Crippen molar-refractivity contribution in [3.8, 4) is 0 Å². The molecule has 0 aliphatic carbocycles. The van der Waals surface area contributed by atoms with Gasteiger partial charge in [0.15, 0.2) is 11.5 Å². The highest BCUT2D eigenvalue weighted by Crippen LogP contribution is 2.16. The lowest BCUT2D eigenvalue weighted by Crippen LogP contribution is -2.31. The maximum absolute atomic E-state index is 11.4. The van der Waals surface area contributed by atoms with Crippen LogP contribution >= 0.6 is 11.3 Å². The summed E-state index contributed by atoms with van der Waals surface area (Å²) in [5, 5.41) is 10.3. The minimum absolute atomic E-state index is 0.241. The highest BCUT2D eigenvalue weighted by molar-refractivity contribution is 7.09. The largest absolute Gasteiger partial charge is 0.464 e. The van der Waals surface area contributed by atoms with Gasteiger partial charge in [0.1, 0.15) is 0 Å². The van der Waals surface area contributed by atoms with E-state index in [0.29, 0.717) is 0 Å². The first kappa shape index (κ1) is 15.9. The Balaban J connectivity index is 1.60. The van der Waals surface area contributed by atoms with E-state index in [-0.39, 0.29) is 5.69 Å². The minimum atomic E-state index is -0.456. The van der Waals surface area contributed by atoms with Gasteiger partial charge in [-0.3, -0.25) is 4.90 Å². The van der Waals surface area contributed by atoms with Gasteiger partial charge in [-0.15, -0.1) is 21.5 Å². The number of aromatic nitrogens is 2. The Labute approximate surface area is 139 Å². The van der Waals surface area contributed by atoms with E-state index in [1.165, 1.54) is 12.0 Å². The summed E-state index contributed by atoms with van der Waals surface area (Å²) >= 11 is 1.81. The molecule has 0 bridgehead atoms. The second-order valence-corrected chi connectivity index (χ2v) is 6.50. The molecule has 3 heterocycles. The maximum atomic E-state index is 11.4. The molecule has 122 valence electrons.